The maximum absolute atomic E-state index is 13.5. The third kappa shape index (κ3) is 5.26. The van der Waals surface area contributed by atoms with Gasteiger partial charge < -0.3 is 25.6 Å². The molecular formula is C22H28N4O3. The van der Waals surface area contributed by atoms with E-state index in [0.717, 1.165) is 31.5 Å². The third-order valence-electron chi connectivity index (χ3n) is 5.12. The molecule has 7 heteroatoms. The van der Waals surface area contributed by atoms with Crippen molar-refractivity contribution < 1.29 is 14.3 Å². The Labute approximate surface area is 171 Å². The highest BCUT2D eigenvalue weighted by atomic mass is 16.5. The van der Waals surface area contributed by atoms with Crippen LogP contribution < -0.4 is 20.7 Å². The van der Waals surface area contributed by atoms with Crippen LogP contribution in [0.2, 0.25) is 0 Å². The lowest BCUT2D eigenvalue weighted by atomic mass is 10.0. The Morgan fingerprint density at radius 3 is 2.52 bits per heavy atom. The number of rotatable bonds is 6. The van der Waals surface area contributed by atoms with E-state index in [4.69, 9.17) is 4.74 Å². The van der Waals surface area contributed by atoms with Gasteiger partial charge in [-0.2, -0.15) is 0 Å². The van der Waals surface area contributed by atoms with Gasteiger partial charge >= 0.3 is 6.03 Å². The van der Waals surface area contributed by atoms with Crippen molar-refractivity contribution in [3.05, 3.63) is 59.7 Å². The Balaban J connectivity index is 1.88. The molecule has 1 aliphatic heterocycles. The summed E-state index contributed by atoms with van der Waals surface area (Å²) in [6.07, 6.45) is 1.83. The van der Waals surface area contributed by atoms with E-state index in [9.17, 15) is 9.59 Å². The molecule has 0 saturated carbocycles. The van der Waals surface area contributed by atoms with Crippen LogP contribution in [0.1, 0.15) is 28.8 Å². The number of urea groups is 1. The monoisotopic (exact) mass is 396 g/mol. The molecule has 29 heavy (non-hydrogen) atoms. The van der Waals surface area contributed by atoms with Crippen LogP contribution >= 0.6 is 0 Å². The SMILES string of the molecule is CNC(=O)Nc1ccc(C(=O)N(Cc2ccccc2)C2CCNCC2)c(OC)c1. The van der Waals surface area contributed by atoms with Gasteiger partial charge in [-0.1, -0.05) is 30.3 Å². The maximum atomic E-state index is 13.5. The lowest BCUT2D eigenvalue weighted by Gasteiger charge is -2.35. The molecule has 1 heterocycles. The zero-order valence-corrected chi connectivity index (χ0v) is 16.9. The Bertz CT molecular complexity index is 835. The molecule has 0 aromatic heterocycles. The molecule has 1 fully saturated rings. The van der Waals surface area contributed by atoms with Gasteiger partial charge in [0.1, 0.15) is 5.75 Å². The summed E-state index contributed by atoms with van der Waals surface area (Å²) in [5.74, 6) is 0.375. The first-order valence-electron chi connectivity index (χ1n) is 9.84. The highest BCUT2D eigenvalue weighted by Gasteiger charge is 2.28. The van der Waals surface area contributed by atoms with E-state index in [-0.39, 0.29) is 18.0 Å². The number of methoxy groups -OCH3 is 1. The third-order valence-corrected chi connectivity index (χ3v) is 5.12. The second-order valence-corrected chi connectivity index (χ2v) is 7.02. The van der Waals surface area contributed by atoms with Gasteiger partial charge in [0.15, 0.2) is 0 Å². The van der Waals surface area contributed by atoms with Crippen molar-refractivity contribution in [2.75, 3.05) is 32.6 Å². The van der Waals surface area contributed by atoms with E-state index < -0.39 is 0 Å². The van der Waals surface area contributed by atoms with Crippen LogP contribution in [0.15, 0.2) is 48.5 Å². The minimum absolute atomic E-state index is 0.0657. The van der Waals surface area contributed by atoms with Gasteiger partial charge in [0, 0.05) is 31.4 Å². The Morgan fingerprint density at radius 2 is 1.86 bits per heavy atom. The normalized spacial score (nSPS) is 14.1. The average molecular weight is 396 g/mol. The summed E-state index contributed by atoms with van der Waals surface area (Å²) in [7, 11) is 3.08. The second kappa shape index (κ2) is 9.93. The van der Waals surface area contributed by atoms with Crippen molar-refractivity contribution in [2.24, 2.45) is 0 Å². The summed E-state index contributed by atoms with van der Waals surface area (Å²) in [5, 5.41) is 8.56. The minimum atomic E-state index is -0.327. The zero-order valence-electron chi connectivity index (χ0n) is 16.9. The summed E-state index contributed by atoms with van der Waals surface area (Å²) >= 11 is 0. The van der Waals surface area contributed by atoms with Crippen LogP contribution in [0.3, 0.4) is 0 Å². The van der Waals surface area contributed by atoms with Crippen LogP contribution in [-0.2, 0) is 6.54 Å². The summed E-state index contributed by atoms with van der Waals surface area (Å²) < 4.78 is 5.48. The first-order chi connectivity index (χ1) is 14.1. The predicted octanol–water partition coefficient (Wildman–Crippen LogP) is 2.84. The smallest absolute Gasteiger partial charge is 0.318 e. The summed E-state index contributed by atoms with van der Waals surface area (Å²) in [5.41, 5.74) is 2.15. The number of carbonyl (C=O) groups excluding carboxylic acids is 2. The predicted molar refractivity (Wildman–Crippen MR) is 113 cm³/mol. The molecule has 154 valence electrons. The van der Waals surface area contributed by atoms with Gasteiger partial charge in [-0.3, -0.25) is 4.79 Å². The quantitative estimate of drug-likeness (QED) is 0.701. The standard InChI is InChI=1S/C22H28N4O3/c1-23-22(28)25-17-8-9-19(20(14-17)29-2)21(27)26(18-10-12-24-13-11-18)15-16-6-4-3-5-7-16/h3-9,14,18,24H,10-13,15H2,1-2H3,(H2,23,25,28). The summed E-state index contributed by atoms with van der Waals surface area (Å²) in [4.78, 5) is 27.1. The minimum Gasteiger partial charge on any atom is -0.496 e. The second-order valence-electron chi connectivity index (χ2n) is 7.02. The first kappa shape index (κ1) is 20.7. The molecule has 0 unspecified atom stereocenters. The van der Waals surface area contributed by atoms with Gasteiger partial charge in [0.05, 0.1) is 12.7 Å². The molecule has 7 nitrogen and oxygen atoms in total. The van der Waals surface area contributed by atoms with E-state index >= 15 is 0 Å². The molecule has 0 aliphatic carbocycles. The van der Waals surface area contributed by atoms with Crippen molar-refractivity contribution in [1.29, 1.82) is 0 Å². The van der Waals surface area contributed by atoms with Crippen molar-refractivity contribution >= 4 is 17.6 Å². The molecule has 2 aromatic carbocycles. The van der Waals surface area contributed by atoms with E-state index in [1.165, 1.54) is 7.11 Å². The van der Waals surface area contributed by atoms with Crippen LogP contribution in [0.5, 0.6) is 5.75 Å². The lowest BCUT2D eigenvalue weighted by Crippen LogP contribution is -2.45. The zero-order chi connectivity index (χ0) is 20.6. The molecule has 2 aromatic rings. The Morgan fingerprint density at radius 1 is 1.14 bits per heavy atom. The first-order valence-corrected chi connectivity index (χ1v) is 9.84. The van der Waals surface area contributed by atoms with Crippen LogP contribution in [0.25, 0.3) is 0 Å². The number of anilines is 1. The van der Waals surface area contributed by atoms with Crippen LogP contribution in [0.4, 0.5) is 10.5 Å². The highest BCUT2D eigenvalue weighted by molar-refractivity contribution is 5.98. The van der Waals surface area contributed by atoms with Gasteiger partial charge in [0.2, 0.25) is 0 Å². The van der Waals surface area contributed by atoms with Gasteiger partial charge in [0.25, 0.3) is 5.91 Å². The van der Waals surface area contributed by atoms with Gasteiger partial charge in [-0.15, -0.1) is 0 Å². The molecular weight excluding hydrogens is 368 g/mol. The molecule has 1 saturated heterocycles. The Hall–Kier alpha value is -3.06. The van der Waals surface area contributed by atoms with Gasteiger partial charge in [-0.05, 0) is 43.6 Å². The molecule has 3 rings (SSSR count). The molecule has 0 radical (unpaired) electrons. The summed E-state index contributed by atoms with van der Waals surface area (Å²) in [6, 6.07) is 15.0. The lowest BCUT2D eigenvalue weighted by molar-refractivity contribution is 0.0620. The number of nitrogens with one attached hydrogen (secondary N) is 3. The highest BCUT2D eigenvalue weighted by Crippen LogP contribution is 2.27. The number of amides is 3. The number of ether oxygens (including phenoxy) is 1. The number of piperidine rings is 1. The number of nitrogens with zero attached hydrogens (tertiary/aromatic N) is 1. The topological polar surface area (TPSA) is 82.7 Å². The van der Waals surface area contributed by atoms with Crippen molar-refractivity contribution in [1.82, 2.24) is 15.5 Å². The van der Waals surface area contributed by atoms with Crippen molar-refractivity contribution in [2.45, 2.75) is 25.4 Å². The molecule has 0 spiro atoms. The fourth-order valence-electron chi connectivity index (χ4n) is 3.56. The largest absolute Gasteiger partial charge is 0.496 e. The number of hydrogen-bond donors (Lipinski definition) is 3. The van der Waals surface area contributed by atoms with E-state index in [1.807, 2.05) is 35.2 Å². The fourth-order valence-corrected chi connectivity index (χ4v) is 3.56. The maximum Gasteiger partial charge on any atom is 0.318 e. The van der Waals surface area contributed by atoms with E-state index in [0.29, 0.717) is 23.5 Å². The number of hydrogen-bond acceptors (Lipinski definition) is 4. The molecule has 0 bridgehead atoms. The van der Waals surface area contributed by atoms with Crippen LogP contribution in [0, 0.1) is 0 Å². The average Bonchev–Trinajstić information content (AvgIpc) is 2.78. The van der Waals surface area contributed by atoms with Gasteiger partial charge in [-0.25, -0.2) is 4.79 Å². The molecule has 3 N–H and O–H groups in total. The molecule has 3 amide bonds. The number of carbonyl (C=O) groups is 2. The summed E-state index contributed by atoms with van der Waals surface area (Å²) in [6.45, 7) is 2.34. The Kier molecular flexibility index (Phi) is 7.08. The van der Waals surface area contributed by atoms with Crippen molar-refractivity contribution in [3.63, 3.8) is 0 Å². The molecule has 1 aliphatic rings. The number of benzene rings is 2. The van der Waals surface area contributed by atoms with E-state index in [2.05, 4.69) is 16.0 Å². The molecule has 0 atom stereocenters. The van der Waals surface area contributed by atoms with Crippen LogP contribution in [-0.4, -0.2) is 50.1 Å². The van der Waals surface area contributed by atoms with Crippen molar-refractivity contribution in [3.8, 4) is 5.75 Å². The fraction of sp³-hybridized carbons (Fsp3) is 0.364. The van der Waals surface area contributed by atoms with E-state index in [1.54, 1.807) is 25.2 Å².